The summed E-state index contributed by atoms with van der Waals surface area (Å²) in [5, 5.41) is 0. The van der Waals surface area contributed by atoms with Gasteiger partial charge in [0.15, 0.2) is 0 Å². The van der Waals surface area contributed by atoms with E-state index in [0.29, 0.717) is 0 Å². The van der Waals surface area contributed by atoms with E-state index in [2.05, 4.69) is 0 Å². The van der Waals surface area contributed by atoms with Gasteiger partial charge in [-0.2, -0.15) is 0 Å². The summed E-state index contributed by atoms with van der Waals surface area (Å²) in [6, 6.07) is 0. The molecule has 0 spiro atoms. The molecule has 0 bridgehead atoms. The Morgan fingerprint density at radius 1 is 1.43 bits per heavy atom. The molecule has 50 valence electrons. The molecule has 7 heavy (non-hydrogen) atoms. The Bertz CT molecular complexity index is 57.8. The van der Waals surface area contributed by atoms with Crippen molar-refractivity contribution in [2.24, 2.45) is 0 Å². The zero-order chi connectivity index (χ0) is 4.50. The van der Waals surface area contributed by atoms with Crippen molar-refractivity contribution in [1.29, 1.82) is 0 Å². The minimum absolute atomic E-state index is 0. The summed E-state index contributed by atoms with van der Waals surface area (Å²) in [6.45, 7) is 0. The first-order chi connectivity index (χ1) is 2.00. The molecule has 0 saturated heterocycles. The van der Waals surface area contributed by atoms with Crippen LogP contribution in [0.5, 0.6) is 0 Å². The molecule has 0 aromatic carbocycles. The van der Waals surface area contributed by atoms with Crippen LogP contribution in [-0.4, -0.2) is 22.7 Å². The molecule has 0 aliphatic carbocycles. The van der Waals surface area contributed by atoms with E-state index in [1.54, 1.807) is 0 Å². The third-order valence-corrected chi connectivity index (χ3v) is 0. The van der Waals surface area contributed by atoms with Crippen LogP contribution in [0.15, 0.2) is 0 Å². The maximum absolute atomic E-state index is 8.83. The molecule has 5 N–H and O–H groups in total. The second-order valence-electron chi connectivity index (χ2n) is 0.491. The van der Waals surface area contributed by atoms with E-state index in [0.717, 1.165) is 0 Å². The summed E-state index contributed by atoms with van der Waals surface area (Å²) in [7, 11) is 0. The average molecular weight is 222 g/mol. The van der Waals surface area contributed by atoms with Gasteiger partial charge in [-0.3, -0.25) is 0 Å². The molecule has 0 aliphatic rings. The second kappa shape index (κ2) is 4.87. The third kappa shape index (κ3) is 290. The van der Waals surface area contributed by atoms with Gasteiger partial charge in [-0.05, 0) is 0 Å². The van der Waals surface area contributed by atoms with Crippen molar-refractivity contribution in [2.45, 2.75) is 0 Å². The fourth-order valence-electron chi connectivity index (χ4n) is 0. The molecule has 0 amide bonds. The van der Waals surface area contributed by atoms with Crippen molar-refractivity contribution in [3.8, 4) is 0 Å². The van der Waals surface area contributed by atoms with Crippen molar-refractivity contribution in [3.63, 3.8) is 0 Å². The summed E-state index contributed by atoms with van der Waals surface area (Å²) in [6.07, 6.45) is 0. The molecule has 0 radical (unpaired) electrons. The predicted octanol–water partition coefficient (Wildman–Crippen LogP) is -2.64. The van der Waals surface area contributed by atoms with E-state index in [1.807, 2.05) is 0 Å². The molecule has 0 aliphatic heterocycles. The van der Waals surface area contributed by atoms with Gasteiger partial charge in [0.1, 0.15) is 0 Å². The van der Waals surface area contributed by atoms with Crippen molar-refractivity contribution >= 4 is 14.5 Å². The van der Waals surface area contributed by atoms with Gasteiger partial charge in [0.05, 0.1) is 0 Å². The zero-order valence-corrected chi connectivity index (χ0v) is 5.98. The molecule has 0 fully saturated rings. The van der Waals surface area contributed by atoms with Crippen molar-refractivity contribution < 1.29 is 33.1 Å². The fraction of sp³-hybridized carbons (Fsp3) is 0. The maximum atomic E-state index is 8.83. The van der Waals surface area contributed by atoms with Crippen LogP contribution in [0.2, 0.25) is 0 Å². The molecule has 0 rings (SSSR count). The van der Waals surface area contributed by atoms with E-state index in [-0.39, 0.29) is 23.2 Å². The standard InChI is InChI=1S/AsH3O4.Cu.H3N/c2-1(3,4)5;;/h(H3,2,3,4,5);;1H3/q;+1;/p-1. The molecule has 7 heteroatoms. The van der Waals surface area contributed by atoms with Gasteiger partial charge in [-0.25, -0.2) is 0 Å². The smallest absolute Gasteiger partial charge is 1.00 e. The molecule has 5 nitrogen and oxygen atoms in total. The first-order valence-electron chi connectivity index (χ1n) is 0.765. The molecule has 0 heterocycles. The van der Waals surface area contributed by atoms with E-state index in [9.17, 15) is 0 Å². The van der Waals surface area contributed by atoms with Gasteiger partial charge >= 0.3 is 47.6 Å². The minimum atomic E-state index is -5.38. The molecule has 0 unspecified atom stereocenters. The number of hydrogen-bond acceptors (Lipinski definition) is 3. The van der Waals surface area contributed by atoms with Crippen LogP contribution >= 0.6 is 0 Å². The Morgan fingerprint density at radius 2 is 1.43 bits per heavy atom. The van der Waals surface area contributed by atoms with Crippen LogP contribution in [0.4, 0.5) is 0 Å². The van der Waals surface area contributed by atoms with Crippen LogP contribution < -0.4 is 10.2 Å². The van der Waals surface area contributed by atoms with E-state index >= 15 is 0 Å². The van der Waals surface area contributed by atoms with Gasteiger partial charge < -0.3 is 6.15 Å². The molecule has 0 atom stereocenters. The molecular weight excluding hydrogens is 216 g/mol. The average Bonchev–Trinajstić information content (AvgIpc) is 0.722. The molecular formula is H5AsCuNO4. The summed E-state index contributed by atoms with van der Waals surface area (Å²) < 4.78 is 31.9. The Morgan fingerprint density at radius 3 is 1.43 bits per heavy atom. The Labute approximate surface area is 54.1 Å². The molecule has 0 aromatic rings. The van der Waals surface area contributed by atoms with Crippen LogP contribution in [0.1, 0.15) is 0 Å². The summed E-state index contributed by atoms with van der Waals surface area (Å²) >= 11 is -5.38. The Kier molecular flexibility index (Phi) is 10.9. The largest absolute Gasteiger partial charge is 1.00 e. The van der Waals surface area contributed by atoms with Gasteiger partial charge in [-0.15, -0.1) is 0 Å². The Hall–Kier alpha value is 0.718. The minimum Gasteiger partial charge on any atom is 1.00 e. The molecule has 0 saturated carbocycles. The summed E-state index contributed by atoms with van der Waals surface area (Å²) in [5.41, 5.74) is 0. The third-order valence-electron chi connectivity index (χ3n) is 0. The topological polar surface area (TPSA) is 116 Å². The number of hydrogen-bond donors (Lipinski definition) is 3. The first-order valence-corrected chi connectivity index (χ1v) is 3.98. The van der Waals surface area contributed by atoms with Gasteiger partial charge in [-0.1, -0.05) is 0 Å². The van der Waals surface area contributed by atoms with Gasteiger partial charge in [0.2, 0.25) is 0 Å². The van der Waals surface area contributed by atoms with Crippen molar-refractivity contribution in [3.05, 3.63) is 0 Å². The monoisotopic (exact) mass is 221 g/mol. The van der Waals surface area contributed by atoms with Crippen molar-refractivity contribution in [1.82, 2.24) is 6.15 Å². The normalized spacial score (nSPS) is 8.43. The van der Waals surface area contributed by atoms with E-state index < -0.39 is 14.5 Å². The summed E-state index contributed by atoms with van der Waals surface area (Å²) in [4.78, 5) is 0. The number of rotatable bonds is 0. The van der Waals surface area contributed by atoms with Crippen molar-refractivity contribution in [2.75, 3.05) is 0 Å². The second-order valence-corrected chi connectivity index (χ2v) is 2.55. The SMILES string of the molecule is N.O=[As]([O-])(O)O.[Cu+]. The Balaban J connectivity index is -0.0000000800. The van der Waals surface area contributed by atoms with E-state index in [4.69, 9.17) is 16.0 Å². The van der Waals surface area contributed by atoms with Crippen LogP contribution in [0.25, 0.3) is 0 Å². The maximum Gasteiger partial charge on any atom is 1.00 e. The quantitative estimate of drug-likeness (QED) is 0.387. The molecule has 0 aromatic heterocycles. The van der Waals surface area contributed by atoms with Crippen LogP contribution in [0.3, 0.4) is 0 Å². The van der Waals surface area contributed by atoms with Crippen LogP contribution in [-0.2, 0) is 20.8 Å². The van der Waals surface area contributed by atoms with Crippen LogP contribution in [0, 0.1) is 0 Å². The zero-order valence-electron chi connectivity index (χ0n) is 3.17. The van der Waals surface area contributed by atoms with E-state index in [1.165, 1.54) is 0 Å². The summed E-state index contributed by atoms with van der Waals surface area (Å²) in [5.74, 6) is 0. The fourth-order valence-corrected chi connectivity index (χ4v) is 0. The van der Waals surface area contributed by atoms with Gasteiger partial charge in [0.25, 0.3) is 0 Å². The predicted molar refractivity (Wildman–Crippen MR) is 15.9 cm³/mol. The van der Waals surface area contributed by atoms with Gasteiger partial charge in [0, 0.05) is 0 Å². The first kappa shape index (κ1) is 15.6.